The second-order valence-corrected chi connectivity index (χ2v) is 6.12. The minimum absolute atomic E-state index is 0.489. The standard InChI is InChI=1S/C17H28N2/c1-13-8-9-14(2)17(11-13)15(3)19(4)12-16-7-5-6-10-18-16/h8-9,11,15-16,18H,5-7,10,12H2,1-4H3. The number of piperidine rings is 1. The van der Waals surface area contributed by atoms with Gasteiger partial charge in [-0.1, -0.05) is 30.2 Å². The number of likely N-dealkylation sites (N-methyl/N-ethyl adjacent to an activating group) is 1. The molecule has 1 fully saturated rings. The van der Waals surface area contributed by atoms with Crippen molar-refractivity contribution in [1.82, 2.24) is 10.2 Å². The second kappa shape index (κ2) is 6.53. The lowest BCUT2D eigenvalue weighted by molar-refractivity contribution is 0.214. The van der Waals surface area contributed by atoms with Gasteiger partial charge in [0.2, 0.25) is 0 Å². The summed E-state index contributed by atoms with van der Waals surface area (Å²) in [5.74, 6) is 0. The maximum absolute atomic E-state index is 3.64. The van der Waals surface area contributed by atoms with Crippen LogP contribution in [-0.2, 0) is 0 Å². The van der Waals surface area contributed by atoms with Crippen molar-refractivity contribution in [2.45, 2.75) is 52.1 Å². The van der Waals surface area contributed by atoms with E-state index in [1.165, 1.54) is 42.5 Å². The number of hydrogen-bond acceptors (Lipinski definition) is 2. The van der Waals surface area contributed by atoms with Crippen LogP contribution < -0.4 is 5.32 Å². The number of benzene rings is 1. The van der Waals surface area contributed by atoms with E-state index in [1.54, 1.807) is 0 Å². The molecule has 2 atom stereocenters. The van der Waals surface area contributed by atoms with Crippen molar-refractivity contribution in [3.63, 3.8) is 0 Å². The third kappa shape index (κ3) is 3.80. The van der Waals surface area contributed by atoms with E-state index in [0.717, 1.165) is 6.54 Å². The smallest absolute Gasteiger partial charge is 0.0320 e. The lowest BCUT2D eigenvalue weighted by atomic mass is 9.98. The number of nitrogens with one attached hydrogen (secondary N) is 1. The SMILES string of the molecule is Cc1ccc(C)c(C(C)N(C)CC2CCCCN2)c1. The molecule has 1 heterocycles. The summed E-state index contributed by atoms with van der Waals surface area (Å²) in [6.45, 7) is 9.06. The van der Waals surface area contributed by atoms with Gasteiger partial charge in [-0.3, -0.25) is 4.90 Å². The van der Waals surface area contributed by atoms with Crippen molar-refractivity contribution in [3.8, 4) is 0 Å². The summed E-state index contributed by atoms with van der Waals surface area (Å²) in [7, 11) is 2.25. The molecule has 0 radical (unpaired) electrons. The first kappa shape index (κ1) is 14.5. The highest BCUT2D eigenvalue weighted by molar-refractivity contribution is 5.32. The molecule has 1 N–H and O–H groups in total. The summed E-state index contributed by atoms with van der Waals surface area (Å²) in [6, 6.07) is 7.95. The summed E-state index contributed by atoms with van der Waals surface area (Å²) < 4.78 is 0. The van der Waals surface area contributed by atoms with Crippen molar-refractivity contribution >= 4 is 0 Å². The molecule has 0 saturated carbocycles. The Morgan fingerprint density at radius 3 is 2.79 bits per heavy atom. The first-order valence-corrected chi connectivity index (χ1v) is 7.58. The summed E-state index contributed by atoms with van der Waals surface area (Å²) in [4.78, 5) is 2.49. The van der Waals surface area contributed by atoms with Gasteiger partial charge in [0.15, 0.2) is 0 Å². The zero-order chi connectivity index (χ0) is 13.8. The third-order valence-electron chi connectivity index (χ3n) is 4.47. The second-order valence-electron chi connectivity index (χ2n) is 6.12. The van der Waals surface area contributed by atoms with Gasteiger partial charge in [0.05, 0.1) is 0 Å². The lowest BCUT2D eigenvalue weighted by Crippen LogP contribution is -2.43. The topological polar surface area (TPSA) is 15.3 Å². The number of rotatable bonds is 4. The molecule has 2 heteroatoms. The Kier molecular flexibility index (Phi) is 5.00. The fourth-order valence-electron chi connectivity index (χ4n) is 3.03. The normalized spacial score (nSPS) is 21.6. The van der Waals surface area contributed by atoms with Gasteiger partial charge in [0, 0.05) is 18.6 Å². The summed E-state index contributed by atoms with van der Waals surface area (Å²) in [5, 5.41) is 3.64. The Morgan fingerprint density at radius 1 is 1.32 bits per heavy atom. The molecule has 1 aromatic rings. The fraction of sp³-hybridized carbons (Fsp3) is 0.647. The molecule has 2 rings (SSSR count). The van der Waals surface area contributed by atoms with Crippen LogP contribution in [0, 0.1) is 13.8 Å². The third-order valence-corrected chi connectivity index (χ3v) is 4.47. The van der Waals surface area contributed by atoms with Gasteiger partial charge in [0.25, 0.3) is 0 Å². The van der Waals surface area contributed by atoms with Crippen molar-refractivity contribution in [1.29, 1.82) is 0 Å². The molecule has 0 aromatic heterocycles. The number of aryl methyl sites for hydroxylation is 2. The predicted octanol–water partition coefficient (Wildman–Crippen LogP) is 3.44. The molecule has 19 heavy (non-hydrogen) atoms. The molecule has 1 aromatic carbocycles. The van der Waals surface area contributed by atoms with Crippen LogP contribution in [0.1, 0.15) is 48.9 Å². The van der Waals surface area contributed by atoms with Crippen molar-refractivity contribution < 1.29 is 0 Å². The van der Waals surface area contributed by atoms with E-state index in [9.17, 15) is 0 Å². The quantitative estimate of drug-likeness (QED) is 0.892. The van der Waals surface area contributed by atoms with Gasteiger partial charge >= 0.3 is 0 Å². The van der Waals surface area contributed by atoms with Crippen LogP contribution in [0.3, 0.4) is 0 Å². The molecule has 1 aliphatic heterocycles. The van der Waals surface area contributed by atoms with Crippen LogP contribution in [0.25, 0.3) is 0 Å². The van der Waals surface area contributed by atoms with Crippen LogP contribution >= 0.6 is 0 Å². The zero-order valence-corrected chi connectivity index (χ0v) is 12.9. The Labute approximate surface area is 118 Å². The van der Waals surface area contributed by atoms with Gasteiger partial charge in [-0.05, 0) is 58.3 Å². The summed E-state index contributed by atoms with van der Waals surface area (Å²) in [6.07, 6.45) is 4.04. The van der Waals surface area contributed by atoms with Gasteiger partial charge in [-0.25, -0.2) is 0 Å². The van der Waals surface area contributed by atoms with E-state index < -0.39 is 0 Å². The van der Waals surface area contributed by atoms with Crippen LogP contribution in [0.15, 0.2) is 18.2 Å². The molecular weight excluding hydrogens is 232 g/mol. The molecule has 0 bridgehead atoms. The fourth-order valence-corrected chi connectivity index (χ4v) is 3.03. The zero-order valence-electron chi connectivity index (χ0n) is 12.9. The maximum Gasteiger partial charge on any atom is 0.0320 e. The van der Waals surface area contributed by atoms with Crippen molar-refractivity contribution in [2.75, 3.05) is 20.1 Å². The molecule has 0 spiro atoms. The van der Waals surface area contributed by atoms with Gasteiger partial charge < -0.3 is 5.32 Å². The first-order valence-electron chi connectivity index (χ1n) is 7.58. The highest BCUT2D eigenvalue weighted by atomic mass is 15.2. The molecule has 2 unspecified atom stereocenters. The van der Waals surface area contributed by atoms with E-state index >= 15 is 0 Å². The average Bonchev–Trinajstić information content (AvgIpc) is 2.42. The van der Waals surface area contributed by atoms with E-state index in [1.807, 2.05) is 0 Å². The minimum Gasteiger partial charge on any atom is -0.313 e. The first-order chi connectivity index (χ1) is 9.08. The Hall–Kier alpha value is -0.860. The van der Waals surface area contributed by atoms with Gasteiger partial charge in [0.1, 0.15) is 0 Å². The maximum atomic E-state index is 3.64. The molecule has 0 amide bonds. The van der Waals surface area contributed by atoms with Crippen LogP contribution in [-0.4, -0.2) is 31.1 Å². The lowest BCUT2D eigenvalue weighted by Gasteiger charge is -2.32. The molecule has 106 valence electrons. The van der Waals surface area contributed by atoms with E-state index in [0.29, 0.717) is 12.1 Å². The monoisotopic (exact) mass is 260 g/mol. The van der Waals surface area contributed by atoms with Crippen LogP contribution in [0.5, 0.6) is 0 Å². The summed E-state index contributed by atoms with van der Waals surface area (Å²) >= 11 is 0. The molecular formula is C17H28N2. The Morgan fingerprint density at radius 2 is 2.11 bits per heavy atom. The molecule has 0 aliphatic carbocycles. The average molecular weight is 260 g/mol. The van der Waals surface area contributed by atoms with E-state index in [-0.39, 0.29) is 0 Å². The molecule has 1 saturated heterocycles. The van der Waals surface area contributed by atoms with Crippen LogP contribution in [0.2, 0.25) is 0 Å². The summed E-state index contributed by atoms with van der Waals surface area (Å²) in [5.41, 5.74) is 4.23. The highest BCUT2D eigenvalue weighted by Gasteiger charge is 2.19. The van der Waals surface area contributed by atoms with Crippen molar-refractivity contribution in [2.24, 2.45) is 0 Å². The van der Waals surface area contributed by atoms with Gasteiger partial charge in [-0.15, -0.1) is 0 Å². The molecule has 1 aliphatic rings. The number of hydrogen-bond donors (Lipinski definition) is 1. The largest absolute Gasteiger partial charge is 0.313 e. The highest BCUT2D eigenvalue weighted by Crippen LogP contribution is 2.24. The predicted molar refractivity (Wildman–Crippen MR) is 82.6 cm³/mol. The van der Waals surface area contributed by atoms with E-state index in [2.05, 4.69) is 56.2 Å². The Balaban J connectivity index is 2.01. The van der Waals surface area contributed by atoms with Crippen LogP contribution in [0.4, 0.5) is 0 Å². The van der Waals surface area contributed by atoms with Crippen molar-refractivity contribution in [3.05, 3.63) is 34.9 Å². The minimum atomic E-state index is 0.489. The Bertz CT molecular complexity index is 408. The van der Waals surface area contributed by atoms with E-state index in [4.69, 9.17) is 0 Å². The van der Waals surface area contributed by atoms with Gasteiger partial charge in [-0.2, -0.15) is 0 Å². The number of nitrogens with zero attached hydrogens (tertiary/aromatic N) is 1. The molecule has 2 nitrogen and oxygen atoms in total.